The van der Waals surface area contributed by atoms with Gasteiger partial charge >= 0.3 is 0 Å². The van der Waals surface area contributed by atoms with E-state index in [1.54, 1.807) is 0 Å². The summed E-state index contributed by atoms with van der Waals surface area (Å²) >= 11 is 0. The number of amides is 2. The predicted molar refractivity (Wildman–Crippen MR) is 183 cm³/mol. The summed E-state index contributed by atoms with van der Waals surface area (Å²) in [6, 6.07) is 0. The third-order valence-electron chi connectivity index (χ3n) is 2.32. The normalized spacial score (nSPS) is 8.19. The van der Waals surface area contributed by atoms with E-state index in [9.17, 15) is 9.59 Å². The molecule has 0 aromatic heterocycles. The van der Waals surface area contributed by atoms with Crippen molar-refractivity contribution in [3.05, 3.63) is 0 Å². The molecule has 0 fully saturated rings. The van der Waals surface area contributed by atoms with Gasteiger partial charge in [0.2, 0.25) is 0 Å². The van der Waals surface area contributed by atoms with Crippen molar-refractivity contribution in [1.82, 2.24) is 21.3 Å². The molecule has 0 bridgehead atoms. The van der Waals surface area contributed by atoms with Crippen molar-refractivity contribution in [2.45, 2.75) is 150 Å². The van der Waals surface area contributed by atoms with E-state index >= 15 is 0 Å². The van der Waals surface area contributed by atoms with Gasteiger partial charge in [0.05, 0.1) is 0 Å². The third kappa shape index (κ3) is 302. The van der Waals surface area contributed by atoms with Crippen LogP contribution < -0.4 is 21.3 Å². The number of rotatable bonds is 2. The zero-order chi connectivity index (χ0) is 35.7. The molecular formula is C32H76N4O4Y2-4. The molecule has 0 spiro atoms. The molecule has 2 amide bonds. The van der Waals surface area contributed by atoms with Gasteiger partial charge in [0, 0.05) is 76.5 Å². The molecule has 0 atom stereocenters. The maximum absolute atomic E-state index is 9.70. The van der Waals surface area contributed by atoms with Crippen molar-refractivity contribution in [2.24, 2.45) is 10.8 Å². The Bertz CT molecular complexity index is 388. The topological polar surface area (TPSA) is 116 Å². The summed E-state index contributed by atoms with van der Waals surface area (Å²) in [6.07, 6.45) is 6.57. The van der Waals surface area contributed by atoms with Crippen LogP contribution in [0.4, 0.5) is 0 Å². The molecule has 0 heterocycles. The first kappa shape index (κ1) is 78.6. The fourth-order valence-electron chi connectivity index (χ4n) is 0. The molecule has 8 nitrogen and oxygen atoms in total. The standard InChI is InChI=1S/2C5H13N.2C5H9O.2C2H4NO.4C2H6.2Y/c2*1-5(2,3)6-4;2*1-5(2,3)4-6;2*1-3-2-4;4*1-2;;/h2*6H,1-4H3;2*1-3H3;2*1H3,(H,3,4);4*1-2H3;;/q;;4*-1;;;;;;. The molecule has 258 valence electrons. The van der Waals surface area contributed by atoms with Gasteiger partial charge in [-0.1, -0.05) is 96.9 Å². The number of hydrogen-bond acceptors (Lipinski definition) is 6. The van der Waals surface area contributed by atoms with Crippen LogP contribution in [0.3, 0.4) is 0 Å². The van der Waals surface area contributed by atoms with E-state index < -0.39 is 0 Å². The second kappa shape index (κ2) is 64.4. The molecule has 0 aromatic rings. The summed E-state index contributed by atoms with van der Waals surface area (Å²) in [6.45, 7) is 39.7. The van der Waals surface area contributed by atoms with Crippen molar-refractivity contribution >= 4 is 25.4 Å². The Morgan fingerprint density at radius 2 is 0.452 bits per heavy atom. The number of carbonyl (C=O) groups excluding carboxylic acids is 4. The molecular weight excluding hydrogens is 682 g/mol. The Morgan fingerprint density at radius 3 is 0.452 bits per heavy atom. The summed E-state index contributed by atoms with van der Waals surface area (Å²) in [5.41, 5.74) is 0.0556. The quantitative estimate of drug-likeness (QED) is 0.179. The minimum atomic E-state index is -0.264. The van der Waals surface area contributed by atoms with Crippen molar-refractivity contribution < 1.29 is 84.6 Å². The summed E-state index contributed by atoms with van der Waals surface area (Å²) < 4.78 is 0. The van der Waals surface area contributed by atoms with Gasteiger partial charge in [0.25, 0.3) is 0 Å². The van der Waals surface area contributed by atoms with E-state index in [2.05, 4.69) is 62.8 Å². The van der Waals surface area contributed by atoms with Crippen LogP contribution in [0.2, 0.25) is 0 Å². The van der Waals surface area contributed by atoms with E-state index in [-0.39, 0.29) is 76.2 Å². The monoisotopic (exact) mass is 758 g/mol. The molecule has 4 N–H and O–H groups in total. The van der Waals surface area contributed by atoms with E-state index in [0.717, 1.165) is 0 Å². The fourth-order valence-corrected chi connectivity index (χ4v) is 0. The zero-order valence-corrected chi connectivity index (χ0v) is 38.5. The zero-order valence-electron chi connectivity index (χ0n) is 32.8. The summed E-state index contributed by atoms with van der Waals surface area (Å²) in [5.74, 6) is 0. The number of hydrogen-bond donors (Lipinski definition) is 4. The smallest absolute Gasteiger partial charge is 0.00935 e. The van der Waals surface area contributed by atoms with E-state index in [1.807, 2.05) is 124 Å². The summed E-state index contributed by atoms with van der Waals surface area (Å²) in [4.78, 5) is 37.3. The van der Waals surface area contributed by atoms with Gasteiger partial charge in [-0.15, -0.1) is 10.8 Å². The van der Waals surface area contributed by atoms with Crippen molar-refractivity contribution in [3.63, 3.8) is 0 Å². The maximum Gasteiger partial charge on any atom is 0.00935 e. The Kier molecular flexibility index (Phi) is 121. The van der Waals surface area contributed by atoms with Crippen LogP contribution in [0.15, 0.2) is 0 Å². The van der Waals surface area contributed by atoms with E-state index in [1.165, 1.54) is 26.9 Å². The predicted octanol–water partition coefficient (Wildman–Crippen LogP) is 6.94. The molecule has 0 saturated heterocycles. The molecule has 0 unspecified atom stereocenters. The van der Waals surface area contributed by atoms with E-state index in [0.29, 0.717) is 11.1 Å². The van der Waals surface area contributed by atoms with E-state index in [4.69, 9.17) is 9.59 Å². The molecule has 2 radical (unpaired) electrons. The van der Waals surface area contributed by atoms with Gasteiger partial charge in [-0.25, -0.2) is 0 Å². The largest absolute Gasteiger partial charge is 0.541 e. The van der Waals surface area contributed by atoms with Crippen LogP contribution in [0, 0.1) is 10.8 Å². The minimum Gasteiger partial charge on any atom is -0.541 e. The first-order valence-corrected chi connectivity index (χ1v) is 14.3. The van der Waals surface area contributed by atoms with Crippen LogP contribution in [0.1, 0.15) is 138 Å². The second-order valence-electron chi connectivity index (χ2n) is 10.4. The van der Waals surface area contributed by atoms with Crippen LogP contribution in [-0.2, 0) is 84.6 Å². The van der Waals surface area contributed by atoms with Gasteiger partial charge in [0.1, 0.15) is 0 Å². The average molecular weight is 759 g/mol. The Labute approximate surface area is 317 Å². The van der Waals surface area contributed by atoms with Crippen molar-refractivity contribution in [3.8, 4) is 0 Å². The third-order valence-corrected chi connectivity index (χ3v) is 2.32. The van der Waals surface area contributed by atoms with Gasteiger partial charge in [0.15, 0.2) is 0 Å². The summed E-state index contributed by atoms with van der Waals surface area (Å²) in [7, 11) is 6.93. The molecule has 0 aliphatic rings. The Morgan fingerprint density at radius 1 is 0.381 bits per heavy atom. The van der Waals surface area contributed by atoms with Crippen LogP contribution in [0.5, 0.6) is 0 Å². The first-order valence-electron chi connectivity index (χ1n) is 14.3. The first-order chi connectivity index (χ1) is 18.1. The molecule has 0 rings (SSSR count). The second-order valence-corrected chi connectivity index (χ2v) is 10.4. The number of nitrogens with one attached hydrogen (secondary N) is 4. The van der Waals surface area contributed by atoms with Gasteiger partial charge < -0.3 is 40.4 Å². The molecule has 0 aliphatic heterocycles. The minimum absolute atomic E-state index is 0. The Hall–Kier alpha value is 0.408. The Balaban J connectivity index is -0.0000000244. The SMILES string of the molecule is CC.CC.CC.CC.CC(C)(C)[C-]=O.CC(C)(C)[C-]=O.CNC(C)(C)C.CNC(C)(C)C.CN[C-]=O.CN[C-]=O.[Y].[Y]. The average Bonchev–Trinajstić information content (AvgIpc) is 2.93. The molecule has 0 aliphatic carbocycles. The molecule has 0 saturated carbocycles. The van der Waals surface area contributed by atoms with Crippen molar-refractivity contribution in [1.29, 1.82) is 0 Å². The molecule has 0 aromatic carbocycles. The van der Waals surface area contributed by atoms with Crippen LogP contribution in [-0.4, -0.2) is 64.7 Å². The molecule has 10 heteroatoms. The van der Waals surface area contributed by atoms with Crippen LogP contribution >= 0.6 is 0 Å². The maximum atomic E-state index is 9.70. The van der Waals surface area contributed by atoms with Gasteiger partial charge in [-0.3, -0.25) is 12.6 Å². The molecule has 42 heavy (non-hydrogen) atoms. The van der Waals surface area contributed by atoms with Gasteiger partial charge in [-0.2, -0.15) is 12.8 Å². The summed E-state index contributed by atoms with van der Waals surface area (Å²) in [5, 5.41) is 10.5. The van der Waals surface area contributed by atoms with Gasteiger partial charge in [-0.05, 0) is 69.7 Å². The fraction of sp³-hybridized carbons (Fsp3) is 0.875. The van der Waals surface area contributed by atoms with Crippen LogP contribution in [0.25, 0.3) is 0 Å². The van der Waals surface area contributed by atoms with Crippen molar-refractivity contribution in [2.75, 3.05) is 28.2 Å².